The van der Waals surface area contributed by atoms with E-state index in [2.05, 4.69) is 42.5 Å². The van der Waals surface area contributed by atoms with Gasteiger partial charge in [-0.05, 0) is 62.3 Å². The molecule has 2 aromatic heterocycles. The third-order valence-corrected chi connectivity index (χ3v) is 6.15. The van der Waals surface area contributed by atoms with E-state index in [0.29, 0.717) is 12.1 Å². The maximum absolute atomic E-state index is 13.4. The van der Waals surface area contributed by atoms with E-state index in [0.717, 1.165) is 43.5 Å². The Labute approximate surface area is 160 Å². The minimum atomic E-state index is -0.236. The number of hydrogen-bond donors (Lipinski definition) is 1. The number of fused-ring (bicyclic) bond motifs is 2. The first-order chi connectivity index (χ1) is 13.0. The molecule has 1 atom stereocenters. The Morgan fingerprint density at radius 1 is 1.15 bits per heavy atom. The molecular formula is C22H29N3O2. The van der Waals surface area contributed by atoms with Gasteiger partial charge in [-0.15, -0.1) is 0 Å². The van der Waals surface area contributed by atoms with Crippen LogP contribution in [0, 0.1) is 12.8 Å². The average Bonchev–Trinajstić information content (AvgIpc) is 2.87. The van der Waals surface area contributed by atoms with Crippen LogP contribution in [0.25, 0.3) is 0 Å². The zero-order chi connectivity index (χ0) is 19.1. The Morgan fingerprint density at radius 3 is 2.70 bits per heavy atom. The smallest absolute Gasteiger partial charge is 0.261 e. The van der Waals surface area contributed by atoms with E-state index in [1.165, 1.54) is 17.8 Å². The van der Waals surface area contributed by atoms with Crippen LogP contribution in [0.2, 0.25) is 0 Å². The van der Waals surface area contributed by atoms with E-state index >= 15 is 0 Å². The third-order valence-electron chi connectivity index (χ3n) is 6.15. The summed E-state index contributed by atoms with van der Waals surface area (Å²) in [6.45, 7) is 7.82. The van der Waals surface area contributed by atoms with Crippen LogP contribution < -0.4 is 5.56 Å². The standard InChI is InChI=1S/C22H29N3O2/c1-14(2)20-19-10-9-15(3)24(19)11-12-25(20)22(27)17-13-16-7-5-4-6-8-18(16)23-21(17)26/h9-10,13-14,20H,4-8,11-12H2,1-3H3,(H,23,26)/t20-/m0/s1. The summed E-state index contributed by atoms with van der Waals surface area (Å²) in [4.78, 5) is 31.1. The number of nitrogens with zero attached hydrogens (tertiary/aromatic N) is 2. The monoisotopic (exact) mass is 367 g/mol. The second-order valence-corrected chi connectivity index (χ2v) is 8.32. The zero-order valence-electron chi connectivity index (χ0n) is 16.5. The molecule has 0 spiro atoms. The Hall–Kier alpha value is -2.30. The van der Waals surface area contributed by atoms with Crippen LogP contribution in [0.1, 0.15) is 72.2 Å². The van der Waals surface area contributed by atoms with Gasteiger partial charge in [0.05, 0.1) is 6.04 Å². The van der Waals surface area contributed by atoms with Gasteiger partial charge < -0.3 is 14.5 Å². The number of aromatic nitrogens is 2. The highest BCUT2D eigenvalue weighted by molar-refractivity contribution is 5.94. The van der Waals surface area contributed by atoms with Crippen LogP contribution >= 0.6 is 0 Å². The molecule has 0 fully saturated rings. The predicted octanol–water partition coefficient (Wildman–Crippen LogP) is 3.61. The van der Waals surface area contributed by atoms with Crippen molar-refractivity contribution >= 4 is 5.91 Å². The topological polar surface area (TPSA) is 58.1 Å². The van der Waals surface area contributed by atoms with Gasteiger partial charge in [-0.1, -0.05) is 20.3 Å². The molecule has 0 saturated carbocycles. The second-order valence-electron chi connectivity index (χ2n) is 8.32. The lowest BCUT2D eigenvalue weighted by Gasteiger charge is -2.39. The summed E-state index contributed by atoms with van der Waals surface area (Å²) in [6.07, 6.45) is 5.26. The molecule has 3 heterocycles. The molecule has 1 aliphatic heterocycles. The normalized spacial score (nSPS) is 19.6. The first kappa shape index (κ1) is 18.1. The molecule has 2 aromatic rings. The largest absolute Gasteiger partial charge is 0.345 e. The quantitative estimate of drug-likeness (QED) is 0.825. The molecule has 5 nitrogen and oxygen atoms in total. The lowest BCUT2D eigenvalue weighted by molar-refractivity contribution is 0.0553. The van der Waals surface area contributed by atoms with Gasteiger partial charge in [-0.3, -0.25) is 9.59 Å². The van der Waals surface area contributed by atoms with E-state index in [-0.39, 0.29) is 23.4 Å². The number of nitrogens with one attached hydrogen (secondary N) is 1. The Kier molecular flexibility index (Phi) is 4.70. The molecule has 0 bridgehead atoms. The van der Waals surface area contributed by atoms with Crippen molar-refractivity contribution in [1.29, 1.82) is 0 Å². The second kappa shape index (κ2) is 7.02. The molecular weight excluding hydrogens is 338 g/mol. The maximum atomic E-state index is 13.4. The summed E-state index contributed by atoms with van der Waals surface area (Å²) in [5.74, 6) is 0.148. The molecule has 1 N–H and O–H groups in total. The molecule has 2 aliphatic rings. The van der Waals surface area contributed by atoms with Crippen LogP contribution in [0.3, 0.4) is 0 Å². The number of hydrogen-bond acceptors (Lipinski definition) is 2. The number of carbonyl (C=O) groups is 1. The van der Waals surface area contributed by atoms with E-state index in [1.807, 2.05) is 11.0 Å². The van der Waals surface area contributed by atoms with Crippen molar-refractivity contribution in [1.82, 2.24) is 14.5 Å². The Balaban J connectivity index is 1.72. The van der Waals surface area contributed by atoms with Crippen molar-refractivity contribution in [3.05, 3.63) is 56.8 Å². The molecule has 0 saturated heterocycles. The number of carbonyl (C=O) groups excluding carboxylic acids is 1. The van der Waals surface area contributed by atoms with Crippen molar-refractivity contribution in [3.8, 4) is 0 Å². The fraction of sp³-hybridized carbons (Fsp3) is 0.545. The van der Waals surface area contributed by atoms with Gasteiger partial charge in [-0.25, -0.2) is 0 Å². The van der Waals surface area contributed by atoms with Gasteiger partial charge >= 0.3 is 0 Å². The maximum Gasteiger partial charge on any atom is 0.261 e. The minimum Gasteiger partial charge on any atom is -0.345 e. The molecule has 0 radical (unpaired) electrons. The van der Waals surface area contributed by atoms with Crippen molar-refractivity contribution in [2.24, 2.45) is 5.92 Å². The summed E-state index contributed by atoms with van der Waals surface area (Å²) in [5.41, 5.74) is 4.64. The van der Waals surface area contributed by atoms with Gasteiger partial charge in [0, 0.05) is 30.2 Å². The van der Waals surface area contributed by atoms with Crippen molar-refractivity contribution in [2.75, 3.05) is 6.54 Å². The number of aromatic amines is 1. The van der Waals surface area contributed by atoms with Gasteiger partial charge in [-0.2, -0.15) is 0 Å². The number of pyridine rings is 1. The summed E-state index contributed by atoms with van der Waals surface area (Å²) in [7, 11) is 0. The summed E-state index contributed by atoms with van der Waals surface area (Å²) in [5, 5.41) is 0. The number of H-pyrrole nitrogens is 1. The third kappa shape index (κ3) is 3.13. The van der Waals surface area contributed by atoms with Crippen LogP contribution in [-0.4, -0.2) is 26.9 Å². The van der Waals surface area contributed by atoms with Crippen LogP contribution in [0.5, 0.6) is 0 Å². The fourth-order valence-electron chi connectivity index (χ4n) is 4.75. The van der Waals surface area contributed by atoms with Gasteiger partial charge in [0.15, 0.2) is 0 Å². The molecule has 5 heteroatoms. The first-order valence-electron chi connectivity index (χ1n) is 10.2. The summed E-state index contributed by atoms with van der Waals surface area (Å²) in [6, 6.07) is 6.12. The molecule has 1 aliphatic carbocycles. The molecule has 4 rings (SSSR count). The zero-order valence-corrected chi connectivity index (χ0v) is 16.5. The van der Waals surface area contributed by atoms with E-state index in [1.54, 1.807) is 0 Å². The molecule has 27 heavy (non-hydrogen) atoms. The van der Waals surface area contributed by atoms with E-state index in [4.69, 9.17) is 0 Å². The fourth-order valence-corrected chi connectivity index (χ4v) is 4.75. The Morgan fingerprint density at radius 2 is 1.93 bits per heavy atom. The van der Waals surface area contributed by atoms with Gasteiger partial charge in [0.2, 0.25) is 0 Å². The number of aryl methyl sites for hydroxylation is 3. The van der Waals surface area contributed by atoms with Crippen LogP contribution in [0.4, 0.5) is 0 Å². The number of rotatable bonds is 2. The van der Waals surface area contributed by atoms with Crippen molar-refractivity contribution < 1.29 is 4.79 Å². The number of amides is 1. The van der Waals surface area contributed by atoms with Crippen molar-refractivity contribution in [2.45, 2.75) is 65.5 Å². The SMILES string of the molecule is Cc1ccc2n1CCN(C(=O)c1cc3c([nH]c1=O)CCCCC3)[C@H]2C(C)C. The Bertz CT molecular complexity index is 922. The highest BCUT2D eigenvalue weighted by Gasteiger charge is 2.35. The summed E-state index contributed by atoms with van der Waals surface area (Å²) < 4.78 is 2.30. The minimum absolute atomic E-state index is 0.00170. The molecule has 144 valence electrons. The highest BCUT2D eigenvalue weighted by atomic mass is 16.2. The average molecular weight is 367 g/mol. The lowest BCUT2D eigenvalue weighted by atomic mass is 9.96. The van der Waals surface area contributed by atoms with Crippen LogP contribution in [-0.2, 0) is 19.4 Å². The van der Waals surface area contributed by atoms with Crippen molar-refractivity contribution in [3.63, 3.8) is 0 Å². The van der Waals surface area contributed by atoms with E-state index < -0.39 is 0 Å². The van der Waals surface area contributed by atoms with Gasteiger partial charge in [0.25, 0.3) is 11.5 Å². The molecule has 1 amide bonds. The molecule has 0 aromatic carbocycles. The van der Waals surface area contributed by atoms with E-state index in [9.17, 15) is 9.59 Å². The summed E-state index contributed by atoms with van der Waals surface area (Å²) >= 11 is 0. The predicted molar refractivity (Wildman–Crippen MR) is 106 cm³/mol. The highest BCUT2D eigenvalue weighted by Crippen LogP contribution is 2.34. The van der Waals surface area contributed by atoms with Gasteiger partial charge in [0.1, 0.15) is 5.56 Å². The molecule has 0 unspecified atom stereocenters. The lowest BCUT2D eigenvalue weighted by Crippen LogP contribution is -2.45. The first-order valence-corrected chi connectivity index (χ1v) is 10.2. The van der Waals surface area contributed by atoms with Crippen LogP contribution in [0.15, 0.2) is 23.0 Å².